The SMILES string of the molecule is COc1cc2c(cc1OC)C(C1CCc3nc(-c4cccnc4)[nH]c(=O)c3C1)=NCC2. The molecular formula is C24H24N4O3. The van der Waals surface area contributed by atoms with Crippen molar-refractivity contribution in [3.63, 3.8) is 0 Å². The third-order valence-corrected chi connectivity index (χ3v) is 6.15. The third kappa shape index (κ3) is 3.50. The number of aromatic nitrogens is 3. The van der Waals surface area contributed by atoms with Crippen molar-refractivity contribution in [1.29, 1.82) is 0 Å². The highest BCUT2D eigenvalue weighted by molar-refractivity contribution is 6.05. The first-order chi connectivity index (χ1) is 15.2. The zero-order chi connectivity index (χ0) is 21.4. The van der Waals surface area contributed by atoms with E-state index >= 15 is 0 Å². The average molecular weight is 416 g/mol. The molecule has 1 aliphatic heterocycles. The molecule has 0 saturated carbocycles. The van der Waals surface area contributed by atoms with Crippen LogP contribution >= 0.6 is 0 Å². The number of nitrogens with zero attached hydrogens (tertiary/aromatic N) is 3. The van der Waals surface area contributed by atoms with Crippen LogP contribution in [0.25, 0.3) is 11.4 Å². The normalized spacial score (nSPS) is 17.4. The lowest BCUT2D eigenvalue weighted by molar-refractivity contribution is 0.354. The van der Waals surface area contributed by atoms with E-state index in [1.807, 2.05) is 24.3 Å². The molecule has 1 aliphatic carbocycles. The number of aromatic amines is 1. The van der Waals surface area contributed by atoms with Gasteiger partial charge >= 0.3 is 0 Å². The largest absolute Gasteiger partial charge is 0.493 e. The molecule has 0 bridgehead atoms. The van der Waals surface area contributed by atoms with Gasteiger partial charge in [0.25, 0.3) is 5.56 Å². The topological polar surface area (TPSA) is 89.5 Å². The number of nitrogens with one attached hydrogen (secondary N) is 1. The summed E-state index contributed by atoms with van der Waals surface area (Å²) in [5, 5.41) is 0. The molecule has 2 aromatic heterocycles. The first-order valence-electron chi connectivity index (χ1n) is 10.5. The van der Waals surface area contributed by atoms with E-state index in [1.165, 1.54) is 5.56 Å². The number of fused-ring (bicyclic) bond motifs is 2. The van der Waals surface area contributed by atoms with Gasteiger partial charge in [0.2, 0.25) is 0 Å². The zero-order valence-corrected chi connectivity index (χ0v) is 17.6. The maximum absolute atomic E-state index is 12.9. The summed E-state index contributed by atoms with van der Waals surface area (Å²) in [6, 6.07) is 7.81. The van der Waals surface area contributed by atoms with Gasteiger partial charge in [0.1, 0.15) is 5.82 Å². The van der Waals surface area contributed by atoms with E-state index in [2.05, 4.69) is 9.97 Å². The lowest BCUT2D eigenvalue weighted by Gasteiger charge is -2.28. The summed E-state index contributed by atoms with van der Waals surface area (Å²) < 4.78 is 11.0. The number of benzene rings is 1. The van der Waals surface area contributed by atoms with E-state index < -0.39 is 0 Å². The maximum atomic E-state index is 12.9. The maximum Gasteiger partial charge on any atom is 0.254 e. The van der Waals surface area contributed by atoms with Crippen LogP contribution in [-0.4, -0.2) is 41.4 Å². The Labute approximate surface area is 180 Å². The quantitative estimate of drug-likeness (QED) is 0.706. The molecule has 0 radical (unpaired) electrons. The Balaban J connectivity index is 1.48. The summed E-state index contributed by atoms with van der Waals surface area (Å²) in [5.74, 6) is 2.19. The fourth-order valence-corrected chi connectivity index (χ4v) is 4.59. The molecule has 5 rings (SSSR count). The monoisotopic (exact) mass is 416 g/mol. The van der Waals surface area contributed by atoms with Crippen LogP contribution in [0.1, 0.15) is 28.8 Å². The number of rotatable bonds is 4. The molecule has 7 nitrogen and oxygen atoms in total. The smallest absolute Gasteiger partial charge is 0.254 e. The van der Waals surface area contributed by atoms with Crippen molar-refractivity contribution >= 4 is 5.71 Å². The second-order valence-electron chi connectivity index (χ2n) is 7.90. The van der Waals surface area contributed by atoms with Gasteiger partial charge < -0.3 is 14.5 Å². The zero-order valence-electron chi connectivity index (χ0n) is 17.6. The summed E-state index contributed by atoms with van der Waals surface area (Å²) in [5.41, 5.74) is 5.76. The summed E-state index contributed by atoms with van der Waals surface area (Å²) >= 11 is 0. The lowest BCUT2D eigenvalue weighted by Crippen LogP contribution is -2.32. The van der Waals surface area contributed by atoms with Crippen LogP contribution in [0, 0.1) is 5.92 Å². The van der Waals surface area contributed by atoms with Crippen molar-refractivity contribution < 1.29 is 9.47 Å². The average Bonchev–Trinajstić information content (AvgIpc) is 2.83. The van der Waals surface area contributed by atoms with Gasteiger partial charge in [0.15, 0.2) is 11.5 Å². The lowest BCUT2D eigenvalue weighted by atomic mass is 9.79. The predicted molar refractivity (Wildman–Crippen MR) is 118 cm³/mol. The molecule has 1 atom stereocenters. The van der Waals surface area contributed by atoms with Crippen molar-refractivity contribution in [2.24, 2.45) is 10.9 Å². The van der Waals surface area contributed by atoms with Crippen molar-refractivity contribution in [2.45, 2.75) is 25.7 Å². The molecule has 1 aromatic carbocycles. The van der Waals surface area contributed by atoms with Gasteiger partial charge in [0, 0.05) is 47.3 Å². The van der Waals surface area contributed by atoms with Gasteiger partial charge in [-0.2, -0.15) is 0 Å². The van der Waals surface area contributed by atoms with E-state index in [9.17, 15) is 4.79 Å². The first-order valence-corrected chi connectivity index (χ1v) is 10.5. The minimum atomic E-state index is -0.0718. The van der Waals surface area contributed by atoms with E-state index in [4.69, 9.17) is 19.5 Å². The molecule has 1 N–H and O–H groups in total. The van der Waals surface area contributed by atoms with Crippen LogP contribution in [0.2, 0.25) is 0 Å². The Hall–Kier alpha value is -3.48. The van der Waals surface area contributed by atoms with E-state index in [1.54, 1.807) is 26.6 Å². The van der Waals surface area contributed by atoms with E-state index in [-0.39, 0.29) is 11.5 Å². The first kappa shape index (κ1) is 19.5. The highest BCUT2D eigenvalue weighted by atomic mass is 16.5. The van der Waals surface area contributed by atoms with Gasteiger partial charge in [-0.05, 0) is 55.5 Å². The van der Waals surface area contributed by atoms with Crippen LogP contribution in [-0.2, 0) is 19.3 Å². The van der Waals surface area contributed by atoms with Gasteiger partial charge in [-0.15, -0.1) is 0 Å². The van der Waals surface area contributed by atoms with E-state index in [0.717, 1.165) is 59.7 Å². The molecule has 3 aromatic rings. The van der Waals surface area contributed by atoms with Gasteiger partial charge in [-0.1, -0.05) is 0 Å². The Morgan fingerprint density at radius 3 is 2.74 bits per heavy atom. The number of aliphatic imine (C=N–C) groups is 1. The standard InChI is InChI=1S/C24H24N4O3/c1-30-20-11-14-7-9-26-22(17(14)12-21(20)31-2)15-5-6-19-18(10-15)24(29)28-23(27-19)16-4-3-8-25-13-16/h3-4,8,11-13,15H,5-7,9-10H2,1-2H3,(H,27,28,29). The van der Waals surface area contributed by atoms with Crippen molar-refractivity contribution in [2.75, 3.05) is 20.8 Å². The number of aryl methyl sites for hydroxylation is 1. The second kappa shape index (κ2) is 7.98. The minimum Gasteiger partial charge on any atom is -0.493 e. The summed E-state index contributed by atoms with van der Waals surface area (Å²) in [6.45, 7) is 0.746. The highest BCUT2D eigenvalue weighted by Gasteiger charge is 2.30. The predicted octanol–water partition coefficient (Wildman–Crippen LogP) is 3.00. The highest BCUT2D eigenvalue weighted by Crippen LogP contribution is 2.36. The van der Waals surface area contributed by atoms with Gasteiger partial charge in [-0.25, -0.2) is 4.98 Å². The fourth-order valence-electron chi connectivity index (χ4n) is 4.59. The molecule has 0 spiro atoms. The number of pyridine rings is 1. The minimum absolute atomic E-state index is 0.0718. The molecule has 7 heteroatoms. The van der Waals surface area contributed by atoms with Crippen molar-refractivity contribution in [1.82, 2.24) is 15.0 Å². The Morgan fingerprint density at radius 1 is 1.13 bits per heavy atom. The molecule has 31 heavy (non-hydrogen) atoms. The molecule has 0 amide bonds. The van der Waals surface area contributed by atoms with Crippen LogP contribution in [0.4, 0.5) is 0 Å². The summed E-state index contributed by atoms with van der Waals surface area (Å²) in [4.78, 5) is 29.6. The molecule has 2 aliphatic rings. The van der Waals surface area contributed by atoms with Crippen LogP contribution in [0.5, 0.6) is 11.5 Å². The molecule has 0 fully saturated rings. The molecule has 1 unspecified atom stereocenters. The summed E-state index contributed by atoms with van der Waals surface area (Å²) in [7, 11) is 3.30. The fraction of sp³-hybridized carbons (Fsp3) is 0.333. The van der Waals surface area contributed by atoms with Crippen molar-refractivity contribution in [3.05, 3.63) is 69.4 Å². The number of ether oxygens (including phenoxy) is 2. The Morgan fingerprint density at radius 2 is 1.97 bits per heavy atom. The van der Waals surface area contributed by atoms with Crippen LogP contribution in [0.15, 0.2) is 46.4 Å². The van der Waals surface area contributed by atoms with Crippen molar-refractivity contribution in [3.8, 4) is 22.9 Å². The van der Waals surface area contributed by atoms with E-state index in [0.29, 0.717) is 18.0 Å². The number of methoxy groups -OCH3 is 2. The van der Waals surface area contributed by atoms with Gasteiger partial charge in [0.05, 0.1) is 19.9 Å². The number of hydrogen-bond acceptors (Lipinski definition) is 6. The summed E-state index contributed by atoms with van der Waals surface area (Å²) in [6.07, 6.45) is 6.58. The van der Waals surface area contributed by atoms with Crippen LogP contribution < -0.4 is 15.0 Å². The molecule has 0 saturated heterocycles. The van der Waals surface area contributed by atoms with Crippen LogP contribution in [0.3, 0.4) is 0 Å². The third-order valence-electron chi connectivity index (χ3n) is 6.15. The molecule has 158 valence electrons. The molecule has 3 heterocycles. The molecular weight excluding hydrogens is 392 g/mol. The Kier molecular flexibility index (Phi) is 5.02. The Bertz CT molecular complexity index is 1220. The van der Waals surface area contributed by atoms with Gasteiger partial charge in [-0.3, -0.25) is 14.8 Å². The number of hydrogen-bond donors (Lipinski definition) is 1. The number of H-pyrrole nitrogens is 1. The second-order valence-corrected chi connectivity index (χ2v) is 7.90.